The summed E-state index contributed by atoms with van der Waals surface area (Å²) in [5.41, 5.74) is 2.19. The molecule has 4 heteroatoms. The van der Waals surface area contributed by atoms with Crippen LogP contribution in [0.3, 0.4) is 0 Å². The number of rotatable bonds is 5. The Morgan fingerprint density at radius 1 is 1.44 bits per heavy atom. The van der Waals surface area contributed by atoms with E-state index < -0.39 is 0 Å². The van der Waals surface area contributed by atoms with Gasteiger partial charge in [0.15, 0.2) is 0 Å². The zero-order valence-corrected chi connectivity index (χ0v) is 11.1. The molecule has 1 N–H and O–H groups in total. The first-order valence-electron chi connectivity index (χ1n) is 6.04. The standard InChI is InChI=1S/C14H19N3O/c1-11(10-18-3)16-13-6-4-5-12(9-13)14-15-7-8-17(14)2/h4-9,11,16H,10H2,1-3H3. The lowest BCUT2D eigenvalue weighted by Crippen LogP contribution is -2.20. The van der Waals surface area contributed by atoms with Crippen LogP contribution in [0, 0.1) is 0 Å². The van der Waals surface area contributed by atoms with E-state index >= 15 is 0 Å². The number of aromatic nitrogens is 2. The van der Waals surface area contributed by atoms with Crippen LogP contribution in [0.5, 0.6) is 0 Å². The topological polar surface area (TPSA) is 39.1 Å². The predicted molar refractivity (Wildman–Crippen MR) is 73.6 cm³/mol. The van der Waals surface area contributed by atoms with Crippen molar-refractivity contribution in [2.45, 2.75) is 13.0 Å². The van der Waals surface area contributed by atoms with E-state index in [0.29, 0.717) is 6.61 Å². The number of nitrogens with one attached hydrogen (secondary N) is 1. The smallest absolute Gasteiger partial charge is 0.139 e. The van der Waals surface area contributed by atoms with Crippen LogP contribution in [0.2, 0.25) is 0 Å². The van der Waals surface area contributed by atoms with E-state index in [-0.39, 0.29) is 6.04 Å². The van der Waals surface area contributed by atoms with E-state index in [2.05, 4.69) is 35.4 Å². The van der Waals surface area contributed by atoms with Crippen molar-refractivity contribution >= 4 is 5.69 Å². The van der Waals surface area contributed by atoms with Gasteiger partial charge in [0.1, 0.15) is 5.82 Å². The lowest BCUT2D eigenvalue weighted by atomic mass is 10.2. The Kier molecular flexibility index (Phi) is 3.99. The summed E-state index contributed by atoms with van der Waals surface area (Å²) in [6.07, 6.45) is 3.76. The van der Waals surface area contributed by atoms with Crippen molar-refractivity contribution in [1.82, 2.24) is 9.55 Å². The van der Waals surface area contributed by atoms with Crippen molar-refractivity contribution in [3.05, 3.63) is 36.7 Å². The van der Waals surface area contributed by atoms with Crippen LogP contribution >= 0.6 is 0 Å². The van der Waals surface area contributed by atoms with E-state index in [1.807, 2.05) is 30.1 Å². The number of aryl methyl sites for hydroxylation is 1. The molecule has 1 aromatic heterocycles. The third-order valence-corrected chi connectivity index (χ3v) is 2.77. The molecule has 0 amide bonds. The summed E-state index contributed by atoms with van der Waals surface area (Å²) >= 11 is 0. The predicted octanol–water partition coefficient (Wildman–Crippen LogP) is 2.53. The van der Waals surface area contributed by atoms with Crippen LogP contribution in [-0.2, 0) is 11.8 Å². The highest BCUT2D eigenvalue weighted by molar-refractivity contribution is 5.62. The molecule has 0 aliphatic heterocycles. The molecular formula is C14H19N3O. The number of hydrogen-bond acceptors (Lipinski definition) is 3. The Hall–Kier alpha value is -1.81. The van der Waals surface area contributed by atoms with Gasteiger partial charge in [-0.15, -0.1) is 0 Å². The molecule has 1 atom stereocenters. The molecular weight excluding hydrogens is 226 g/mol. The lowest BCUT2D eigenvalue weighted by molar-refractivity contribution is 0.190. The molecule has 2 aromatic rings. The second-order valence-corrected chi connectivity index (χ2v) is 4.44. The average molecular weight is 245 g/mol. The van der Waals surface area contributed by atoms with Crippen LogP contribution in [0.15, 0.2) is 36.7 Å². The van der Waals surface area contributed by atoms with Gasteiger partial charge in [0.2, 0.25) is 0 Å². The second-order valence-electron chi connectivity index (χ2n) is 4.44. The molecule has 18 heavy (non-hydrogen) atoms. The lowest BCUT2D eigenvalue weighted by Gasteiger charge is -2.14. The summed E-state index contributed by atoms with van der Waals surface area (Å²) in [5.74, 6) is 0.970. The molecule has 0 radical (unpaired) electrons. The van der Waals surface area contributed by atoms with Crippen molar-refractivity contribution < 1.29 is 4.74 Å². The fourth-order valence-corrected chi connectivity index (χ4v) is 1.97. The van der Waals surface area contributed by atoms with Gasteiger partial charge in [0.25, 0.3) is 0 Å². The van der Waals surface area contributed by atoms with Crippen LogP contribution in [-0.4, -0.2) is 29.3 Å². The summed E-state index contributed by atoms with van der Waals surface area (Å²) in [7, 11) is 3.71. The fourth-order valence-electron chi connectivity index (χ4n) is 1.97. The molecule has 96 valence electrons. The van der Waals surface area contributed by atoms with Crippen molar-refractivity contribution in [2.24, 2.45) is 7.05 Å². The summed E-state index contributed by atoms with van der Waals surface area (Å²) in [5, 5.41) is 3.40. The van der Waals surface area contributed by atoms with Crippen LogP contribution in [0.4, 0.5) is 5.69 Å². The maximum Gasteiger partial charge on any atom is 0.139 e. The van der Waals surface area contributed by atoms with Crippen molar-refractivity contribution in [1.29, 1.82) is 0 Å². The maximum absolute atomic E-state index is 5.12. The first-order valence-corrected chi connectivity index (χ1v) is 6.04. The molecule has 4 nitrogen and oxygen atoms in total. The highest BCUT2D eigenvalue weighted by Crippen LogP contribution is 2.21. The van der Waals surface area contributed by atoms with E-state index in [1.165, 1.54) is 0 Å². The Balaban J connectivity index is 2.18. The molecule has 0 aliphatic rings. The Morgan fingerprint density at radius 2 is 2.28 bits per heavy atom. The molecule has 1 unspecified atom stereocenters. The van der Waals surface area contributed by atoms with E-state index in [1.54, 1.807) is 7.11 Å². The Labute approximate surface area is 108 Å². The summed E-state index contributed by atoms with van der Waals surface area (Å²) in [6, 6.07) is 8.54. The summed E-state index contributed by atoms with van der Waals surface area (Å²) < 4.78 is 7.13. The third kappa shape index (κ3) is 2.90. The van der Waals surface area contributed by atoms with Gasteiger partial charge in [-0.05, 0) is 19.1 Å². The highest BCUT2D eigenvalue weighted by atomic mass is 16.5. The molecule has 0 saturated carbocycles. The van der Waals surface area contributed by atoms with E-state index in [9.17, 15) is 0 Å². The molecule has 0 spiro atoms. The first-order chi connectivity index (χ1) is 8.70. The third-order valence-electron chi connectivity index (χ3n) is 2.77. The number of imidazole rings is 1. The Bertz CT molecular complexity index is 507. The van der Waals surface area contributed by atoms with Gasteiger partial charge in [-0.25, -0.2) is 4.98 Å². The molecule has 0 saturated heterocycles. The van der Waals surface area contributed by atoms with Gasteiger partial charge in [0, 0.05) is 43.8 Å². The Morgan fingerprint density at radius 3 is 2.94 bits per heavy atom. The molecule has 0 fully saturated rings. The quantitative estimate of drug-likeness (QED) is 0.879. The second kappa shape index (κ2) is 5.69. The number of nitrogens with zero attached hydrogens (tertiary/aromatic N) is 2. The van der Waals surface area contributed by atoms with Gasteiger partial charge in [-0.3, -0.25) is 0 Å². The first kappa shape index (κ1) is 12.6. The minimum absolute atomic E-state index is 0.284. The van der Waals surface area contributed by atoms with Crippen molar-refractivity contribution in [3.8, 4) is 11.4 Å². The average Bonchev–Trinajstić information content (AvgIpc) is 2.76. The number of methoxy groups -OCH3 is 1. The molecule has 0 bridgehead atoms. The minimum atomic E-state index is 0.284. The van der Waals surface area contributed by atoms with Gasteiger partial charge in [-0.2, -0.15) is 0 Å². The molecule has 1 aromatic carbocycles. The van der Waals surface area contributed by atoms with Crippen LogP contribution in [0.1, 0.15) is 6.92 Å². The summed E-state index contributed by atoms with van der Waals surface area (Å²) in [6.45, 7) is 2.78. The van der Waals surface area contributed by atoms with E-state index in [4.69, 9.17) is 4.74 Å². The maximum atomic E-state index is 5.12. The normalized spacial score (nSPS) is 12.4. The zero-order chi connectivity index (χ0) is 13.0. The highest BCUT2D eigenvalue weighted by Gasteiger charge is 2.05. The number of hydrogen-bond donors (Lipinski definition) is 1. The molecule has 0 aliphatic carbocycles. The minimum Gasteiger partial charge on any atom is -0.383 e. The monoisotopic (exact) mass is 245 g/mol. The zero-order valence-electron chi connectivity index (χ0n) is 11.1. The van der Waals surface area contributed by atoms with Crippen molar-refractivity contribution in [2.75, 3.05) is 19.0 Å². The molecule has 1 heterocycles. The fraction of sp³-hybridized carbons (Fsp3) is 0.357. The van der Waals surface area contributed by atoms with Gasteiger partial charge in [0.05, 0.1) is 6.61 Å². The largest absolute Gasteiger partial charge is 0.383 e. The number of anilines is 1. The van der Waals surface area contributed by atoms with Gasteiger partial charge in [-0.1, -0.05) is 12.1 Å². The molecule has 2 rings (SSSR count). The van der Waals surface area contributed by atoms with Gasteiger partial charge >= 0.3 is 0 Å². The SMILES string of the molecule is COCC(C)Nc1cccc(-c2nccn2C)c1. The number of ether oxygens (including phenoxy) is 1. The van der Waals surface area contributed by atoms with E-state index in [0.717, 1.165) is 17.1 Å². The van der Waals surface area contributed by atoms with Gasteiger partial charge < -0.3 is 14.6 Å². The van der Waals surface area contributed by atoms with Crippen molar-refractivity contribution in [3.63, 3.8) is 0 Å². The summed E-state index contributed by atoms with van der Waals surface area (Å²) in [4.78, 5) is 4.35. The van der Waals surface area contributed by atoms with Crippen LogP contribution < -0.4 is 5.32 Å². The number of benzene rings is 1. The van der Waals surface area contributed by atoms with Crippen LogP contribution in [0.25, 0.3) is 11.4 Å².